The lowest BCUT2D eigenvalue weighted by Crippen LogP contribution is -2.35. The zero-order valence-electron chi connectivity index (χ0n) is 16.4. The molecule has 1 heterocycles. The minimum absolute atomic E-state index is 0.348. The molecular weight excluding hydrogens is 528 g/mol. The highest BCUT2D eigenvalue weighted by Gasteiger charge is 2.12. The van der Waals surface area contributed by atoms with Gasteiger partial charge in [0.25, 0.3) is 0 Å². The summed E-state index contributed by atoms with van der Waals surface area (Å²) in [5.74, 6) is 0.941. The molecule has 4 rings (SSSR count). The number of nitrogens with one attached hydrogen (secondary N) is 3. The second kappa shape index (κ2) is 10.2. The third-order valence-corrected chi connectivity index (χ3v) is 5.58. The molecule has 10 heteroatoms. The van der Waals surface area contributed by atoms with Gasteiger partial charge in [-0.05, 0) is 73.0 Å². The maximum atomic E-state index is 5.94. The van der Waals surface area contributed by atoms with Crippen molar-refractivity contribution in [3.8, 4) is 17.1 Å². The number of benzene rings is 3. The minimum Gasteiger partial charge on any atom is -0.331 e. The van der Waals surface area contributed by atoms with Gasteiger partial charge in [0.1, 0.15) is 0 Å². The molecule has 3 aromatic carbocycles. The molecule has 160 valence electrons. The maximum Gasteiger partial charge on any atom is 0.230 e. The van der Waals surface area contributed by atoms with Crippen molar-refractivity contribution in [3.63, 3.8) is 0 Å². The molecule has 0 amide bonds. The number of hydrogen-bond donors (Lipinski definition) is 3. The minimum atomic E-state index is 0.348. The third-order valence-electron chi connectivity index (χ3n) is 4.32. The molecular formula is C22H16BrClN6S2. The van der Waals surface area contributed by atoms with Crippen LogP contribution in [0.15, 0.2) is 83.3 Å². The number of nitrogens with zero attached hydrogens (tertiary/aromatic N) is 3. The second-order valence-corrected chi connectivity index (χ2v) is 8.67. The second-order valence-electron chi connectivity index (χ2n) is 6.54. The standard InChI is InChI=1S/C22H16BrClN6S2/c23-15-6-12-18(13-7-15)30-20(26-19(27-22(30)32)14-4-2-1-3-5-14)28-29-21(31)25-17-10-8-16(24)9-11-17/h1-13H,(H2,25,29,31)(H,26,27,28,32). The van der Waals surface area contributed by atoms with Crippen molar-refractivity contribution in [3.05, 3.63) is 93.1 Å². The molecule has 0 bridgehead atoms. The van der Waals surface area contributed by atoms with Gasteiger partial charge in [-0.15, -0.1) is 0 Å². The fourth-order valence-electron chi connectivity index (χ4n) is 2.84. The molecule has 0 atom stereocenters. The molecule has 0 spiro atoms. The molecule has 1 aromatic heterocycles. The Bertz CT molecular complexity index is 1300. The van der Waals surface area contributed by atoms with Gasteiger partial charge in [0, 0.05) is 20.7 Å². The summed E-state index contributed by atoms with van der Waals surface area (Å²) in [6.07, 6.45) is 0. The highest BCUT2D eigenvalue weighted by Crippen LogP contribution is 2.21. The number of hydrazine groups is 1. The van der Waals surface area contributed by atoms with Gasteiger partial charge in [0.15, 0.2) is 10.9 Å². The molecule has 6 nitrogen and oxygen atoms in total. The summed E-state index contributed by atoms with van der Waals surface area (Å²) in [6.45, 7) is 0. The first-order valence-corrected chi connectivity index (χ1v) is 11.4. The van der Waals surface area contributed by atoms with Crippen LogP contribution >= 0.6 is 52.0 Å². The van der Waals surface area contributed by atoms with E-state index in [1.54, 1.807) is 16.7 Å². The molecule has 0 aliphatic heterocycles. The van der Waals surface area contributed by atoms with Crippen LogP contribution in [0.25, 0.3) is 17.1 Å². The zero-order valence-corrected chi connectivity index (χ0v) is 20.4. The van der Waals surface area contributed by atoms with Crippen molar-refractivity contribution < 1.29 is 0 Å². The van der Waals surface area contributed by atoms with Crippen LogP contribution in [-0.4, -0.2) is 19.6 Å². The average molecular weight is 544 g/mol. The summed E-state index contributed by atoms with van der Waals surface area (Å²) >= 11 is 20.4. The lowest BCUT2D eigenvalue weighted by Gasteiger charge is -2.17. The number of anilines is 2. The topological polar surface area (TPSA) is 66.8 Å². The molecule has 0 aliphatic carbocycles. The quantitative estimate of drug-likeness (QED) is 0.199. The molecule has 0 aliphatic rings. The lowest BCUT2D eigenvalue weighted by atomic mass is 10.2. The number of halogens is 2. The number of thiocarbonyl (C=S) groups is 1. The Morgan fingerprint density at radius 1 is 0.906 bits per heavy atom. The normalized spacial score (nSPS) is 10.4. The molecule has 0 radical (unpaired) electrons. The Kier molecular flexibility index (Phi) is 7.11. The van der Waals surface area contributed by atoms with Crippen LogP contribution in [0.4, 0.5) is 11.6 Å². The van der Waals surface area contributed by atoms with Gasteiger partial charge in [0.05, 0.1) is 5.69 Å². The zero-order chi connectivity index (χ0) is 22.5. The van der Waals surface area contributed by atoms with Crippen LogP contribution in [0.1, 0.15) is 0 Å². The first kappa shape index (κ1) is 22.3. The Balaban J connectivity index is 1.65. The van der Waals surface area contributed by atoms with Crippen molar-refractivity contribution in [1.82, 2.24) is 20.0 Å². The van der Waals surface area contributed by atoms with E-state index in [2.05, 4.69) is 42.1 Å². The van der Waals surface area contributed by atoms with Crippen LogP contribution < -0.4 is 16.2 Å². The van der Waals surface area contributed by atoms with E-state index >= 15 is 0 Å². The summed E-state index contributed by atoms with van der Waals surface area (Å²) < 4.78 is 3.03. The summed E-state index contributed by atoms with van der Waals surface area (Å²) in [6, 6.07) is 24.5. The van der Waals surface area contributed by atoms with E-state index < -0.39 is 0 Å². The summed E-state index contributed by atoms with van der Waals surface area (Å²) in [5, 5.41) is 4.08. The lowest BCUT2D eigenvalue weighted by molar-refractivity contribution is 0.880. The van der Waals surface area contributed by atoms with Crippen molar-refractivity contribution in [1.29, 1.82) is 0 Å². The van der Waals surface area contributed by atoms with Crippen LogP contribution in [-0.2, 0) is 0 Å². The van der Waals surface area contributed by atoms with E-state index in [1.165, 1.54) is 0 Å². The van der Waals surface area contributed by atoms with Crippen LogP contribution in [0.2, 0.25) is 5.02 Å². The first-order chi connectivity index (χ1) is 15.5. The van der Waals surface area contributed by atoms with E-state index in [4.69, 9.17) is 36.0 Å². The SMILES string of the molecule is S=C(NNc1nc(-c2ccccc2)nc(=S)n1-c1ccc(Br)cc1)Nc1ccc(Cl)cc1. The summed E-state index contributed by atoms with van der Waals surface area (Å²) in [4.78, 5) is 9.22. The van der Waals surface area contributed by atoms with Crippen molar-refractivity contribution >= 4 is 68.7 Å². The van der Waals surface area contributed by atoms with Gasteiger partial charge >= 0.3 is 0 Å². The predicted octanol–water partition coefficient (Wildman–Crippen LogP) is 6.39. The Labute approximate surface area is 208 Å². The first-order valence-electron chi connectivity index (χ1n) is 9.40. The molecule has 0 saturated carbocycles. The number of rotatable bonds is 5. The molecule has 32 heavy (non-hydrogen) atoms. The van der Waals surface area contributed by atoms with E-state index in [0.717, 1.165) is 21.4 Å². The predicted molar refractivity (Wildman–Crippen MR) is 140 cm³/mol. The van der Waals surface area contributed by atoms with E-state index in [1.807, 2.05) is 66.7 Å². The van der Waals surface area contributed by atoms with Crippen LogP contribution in [0.5, 0.6) is 0 Å². The maximum absolute atomic E-state index is 5.94. The largest absolute Gasteiger partial charge is 0.331 e. The number of aromatic nitrogens is 3. The highest BCUT2D eigenvalue weighted by atomic mass is 79.9. The van der Waals surface area contributed by atoms with Crippen LogP contribution in [0, 0.1) is 4.77 Å². The monoisotopic (exact) mass is 542 g/mol. The third kappa shape index (κ3) is 5.49. The molecule has 0 unspecified atom stereocenters. The van der Waals surface area contributed by atoms with Crippen LogP contribution in [0.3, 0.4) is 0 Å². The van der Waals surface area contributed by atoms with Gasteiger partial charge in [-0.25, -0.2) is 0 Å². The van der Waals surface area contributed by atoms with Gasteiger partial charge in [-0.3, -0.25) is 15.4 Å². The highest BCUT2D eigenvalue weighted by molar-refractivity contribution is 9.10. The van der Waals surface area contributed by atoms with Gasteiger partial charge < -0.3 is 5.32 Å². The fraction of sp³-hybridized carbons (Fsp3) is 0. The van der Waals surface area contributed by atoms with E-state index in [0.29, 0.717) is 26.7 Å². The van der Waals surface area contributed by atoms with E-state index in [9.17, 15) is 0 Å². The van der Waals surface area contributed by atoms with Crippen molar-refractivity contribution in [2.45, 2.75) is 0 Å². The van der Waals surface area contributed by atoms with E-state index in [-0.39, 0.29) is 0 Å². The van der Waals surface area contributed by atoms with Gasteiger partial charge in [-0.1, -0.05) is 57.9 Å². The van der Waals surface area contributed by atoms with Crippen molar-refractivity contribution in [2.75, 3.05) is 10.7 Å². The smallest absolute Gasteiger partial charge is 0.230 e. The summed E-state index contributed by atoms with van der Waals surface area (Å²) in [7, 11) is 0. The molecule has 0 fully saturated rings. The van der Waals surface area contributed by atoms with Gasteiger partial charge in [0.2, 0.25) is 10.7 Å². The fourth-order valence-corrected chi connectivity index (χ4v) is 3.68. The molecule has 0 saturated heterocycles. The van der Waals surface area contributed by atoms with Gasteiger partial charge in [-0.2, -0.15) is 9.97 Å². The molecule has 3 N–H and O–H groups in total. The van der Waals surface area contributed by atoms with Crippen molar-refractivity contribution in [2.24, 2.45) is 0 Å². The number of hydrogen-bond acceptors (Lipinski definition) is 5. The Morgan fingerprint density at radius 2 is 1.59 bits per heavy atom. The molecule has 4 aromatic rings. The average Bonchev–Trinajstić information content (AvgIpc) is 2.80. The Hall–Kier alpha value is -2.85. The summed E-state index contributed by atoms with van der Waals surface area (Å²) in [5.41, 5.74) is 8.48. The Morgan fingerprint density at radius 3 is 2.28 bits per heavy atom.